The first-order valence-corrected chi connectivity index (χ1v) is 10.5. The van der Waals surface area contributed by atoms with Gasteiger partial charge in [0.2, 0.25) is 5.91 Å². The molecule has 1 amide bonds. The van der Waals surface area contributed by atoms with Crippen LogP contribution in [0.2, 0.25) is 0 Å². The third-order valence-electron chi connectivity index (χ3n) is 6.61. The van der Waals surface area contributed by atoms with E-state index in [1.807, 2.05) is 24.8 Å². The SMILES string of the molecule is CC(=O)c1c(C)nn(CCC(=O)N2C[C@H]3C[C@@H](C2)[C@H](CO)n2c3cccc2=O)c1C. The maximum Gasteiger partial charge on any atom is 0.251 e. The summed E-state index contributed by atoms with van der Waals surface area (Å²) in [5.41, 5.74) is 2.92. The van der Waals surface area contributed by atoms with E-state index in [1.165, 1.54) is 13.0 Å². The van der Waals surface area contributed by atoms with Gasteiger partial charge in [0, 0.05) is 55.3 Å². The third kappa shape index (κ3) is 3.39. The van der Waals surface area contributed by atoms with Gasteiger partial charge in [-0.05, 0) is 33.3 Å². The molecular formula is C22H28N4O4. The smallest absolute Gasteiger partial charge is 0.251 e. The summed E-state index contributed by atoms with van der Waals surface area (Å²) in [6.45, 7) is 6.61. The number of likely N-dealkylation sites (tertiary alicyclic amines) is 1. The number of aryl methyl sites for hydroxylation is 2. The van der Waals surface area contributed by atoms with Gasteiger partial charge < -0.3 is 14.6 Å². The second-order valence-electron chi connectivity index (χ2n) is 8.48. The number of piperidine rings is 1. The second kappa shape index (κ2) is 7.83. The van der Waals surface area contributed by atoms with Crippen molar-refractivity contribution in [3.8, 4) is 0 Å². The van der Waals surface area contributed by atoms with Crippen LogP contribution in [0.5, 0.6) is 0 Å². The minimum Gasteiger partial charge on any atom is -0.394 e. The molecule has 0 unspecified atom stereocenters. The Labute approximate surface area is 175 Å². The Morgan fingerprint density at radius 2 is 2.00 bits per heavy atom. The lowest BCUT2D eigenvalue weighted by molar-refractivity contribution is -0.134. The molecule has 1 N–H and O–H groups in total. The van der Waals surface area contributed by atoms with E-state index in [9.17, 15) is 19.5 Å². The van der Waals surface area contributed by atoms with Crippen LogP contribution in [0.3, 0.4) is 0 Å². The number of ketones is 1. The minimum atomic E-state index is -0.297. The monoisotopic (exact) mass is 412 g/mol. The first kappa shape index (κ1) is 20.5. The van der Waals surface area contributed by atoms with E-state index in [0.717, 1.165) is 17.8 Å². The average molecular weight is 412 g/mol. The molecule has 1 fully saturated rings. The first-order chi connectivity index (χ1) is 14.3. The van der Waals surface area contributed by atoms with E-state index in [2.05, 4.69) is 5.10 Å². The number of Topliss-reactive ketones (excluding diaryl/α,β-unsaturated/α-hetero) is 1. The van der Waals surface area contributed by atoms with Gasteiger partial charge >= 0.3 is 0 Å². The molecule has 2 aliphatic heterocycles. The minimum absolute atomic E-state index is 0.0182. The van der Waals surface area contributed by atoms with Crippen molar-refractivity contribution >= 4 is 11.7 Å². The van der Waals surface area contributed by atoms with Crippen LogP contribution in [-0.4, -0.2) is 55.7 Å². The van der Waals surface area contributed by atoms with Crippen molar-refractivity contribution < 1.29 is 14.7 Å². The fraction of sp³-hybridized carbons (Fsp3) is 0.545. The number of hydrogen-bond donors (Lipinski definition) is 1. The highest BCUT2D eigenvalue weighted by molar-refractivity contribution is 5.96. The maximum absolute atomic E-state index is 13.0. The second-order valence-corrected chi connectivity index (χ2v) is 8.48. The number of hydrogen-bond acceptors (Lipinski definition) is 5. The summed E-state index contributed by atoms with van der Waals surface area (Å²) in [6.07, 6.45) is 1.17. The Morgan fingerprint density at radius 3 is 2.67 bits per heavy atom. The molecule has 4 rings (SSSR count). The van der Waals surface area contributed by atoms with Crippen molar-refractivity contribution in [1.82, 2.24) is 19.2 Å². The third-order valence-corrected chi connectivity index (χ3v) is 6.61. The van der Waals surface area contributed by atoms with Crippen LogP contribution in [0, 0.1) is 19.8 Å². The van der Waals surface area contributed by atoms with Crippen molar-refractivity contribution in [3.05, 3.63) is 51.2 Å². The Balaban J connectivity index is 1.50. The van der Waals surface area contributed by atoms with Crippen molar-refractivity contribution in [3.63, 3.8) is 0 Å². The predicted molar refractivity (Wildman–Crippen MR) is 111 cm³/mol. The van der Waals surface area contributed by atoms with Crippen molar-refractivity contribution in [2.75, 3.05) is 19.7 Å². The standard InChI is InChI=1S/C22H28N4O4/c1-13-22(15(3)28)14(2)25(23-13)8-7-20(29)24-10-16-9-17(11-24)19(12-27)26-18(16)5-4-6-21(26)30/h4-6,16-17,19,27H,7-12H2,1-3H3/t16-,17+,19+/m1/s1. The van der Waals surface area contributed by atoms with E-state index in [4.69, 9.17) is 0 Å². The summed E-state index contributed by atoms with van der Waals surface area (Å²) >= 11 is 0. The van der Waals surface area contributed by atoms with Crippen molar-refractivity contribution in [2.24, 2.45) is 5.92 Å². The number of fused-ring (bicyclic) bond motifs is 4. The molecule has 1 saturated heterocycles. The van der Waals surface area contributed by atoms with Gasteiger partial charge in [-0.1, -0.05) is 6.07 Å². The zero-order valence-corrected chi connectivity index (χ0v) is 17.7. The molecule has 30 heavy (non-hydrogen) atoms. The molecule has 8 heteroatoms. The molecule has 0 saturated carbocycles. The highest BCUT2D eigenvalue weighted by Gasteiger charge is 2.41. The molecular weight excluding hydrogens is 384 g/mol. The highest BCUT2D eigenvalue weighted by atomic mass is 16.3. The number of carbonyl (C=O) groups is 2. The van der Waals surface area contributed by atoms with E-state index < -0.39 is 0 Å². The number of nitrogens with zero attached hydrogens (tertiary/aromatic N) is 4. The Bertz CT molecular complexity index is 1050. The fourth-order valence-corrected chi connectivity index (χ4v) is 5.26. The van der Waals surface area contributed by atoms with Gasteiger partial charge in [-0.3, -0.25) is 19.1 Å². The van der Waals surface area contributed by atoms with Crippen LogP contribution < -0.4 is 5.56 Å². The van der Waals surface area contributed by atoms with Crippen LogP contribution in [-0.2, 0) is 11.3 Å². The molecule has 160 valence electrons. The van der Waals surface area contributed by atoms with Gasteiger partial charge in [0.05, 0.1) is 23.9 Å². The number of aromatic nitrogens is 3. The number of pyridine rings is 1. The number of amides is 1. The largest absolute Gasteiger partial charge is 0.394 e. The summed E-state index contributed by atoms with van der Waals surface area (Å²) in [4.78, 5) is 39.1. The normalized spacial score (nSPS) is 22.7. The molecule has 2 aliphatic rings. The van der Waals surface area contributed by atoms with Crippen LogP contribution >= 0.6 is 0 Å². The van der Waals surface area contributed by atoms with Gasteiger partial charge in [-0.2, -0.15) is 5.10 Å². The van der Waals surface area contributed by atoms with Crippen LogP contribution in [0.25, 0.3) is 0 Å². The van der Waals surface area contributed by atoms with Gasteiger partial charge in [-0.25, -0.2) is 0 Å². The molecule has 0 aromatic carbocycles. The van der Waals surface area contributed by atoms with E-state index in [-0.39, 0.29) is 41.7 Å². The number of aliphatic hydroxyl groups excluding tert-OH is 1. The zero-order valence-electron chi connectivity index (χ0n) is 17.7. The molecule has 0 spiro atoms. The molecule has 2 bridgehead atoms. The summed E-state index contributed by atoms with van der Waals surface area (Å²) in [7, 11) is 0. The molecule has 0 aliphatic carbocycles. The first-order valence-electron chi connectivity index (χ1n) is 10.5. The maximum atomic E-state index is 13.0. The lowest BCUT2D eigenvalue weighted by Crippen LogP contribution is -2.52. The molecule has 2 aromatic heterocycles. The number of carbonyl (C=O) groups excluding carboxylic acids is 2. The molecule has 0 radical (unpaired) electrons. The van der Waals surface area contributed by atoms with Crippen molar-refractivity contribution in [2.45, 2.75) is 52.1 Å². The molecule has 2 aromatic rings. The highest BCUT2D eigenvalue weighted by Crippen LogP contribution is 2.40. The quantitative estimate of drug-likeness (QED) is 0.750. The fourth-order valence-electron chi connectivity index (χ4n) is 5.26. The zero-order chi connectivity index (χ0) is 21.6. The van der Waals surface area contributed by atoms with Gasteiger partial charge in [0.15, 0.2) is 5.78 Å². The molecule has 3 atom stereocenters. The van der Waals surface area contributed by atoms with E-state index in [0.29, 0.717) is 37.3 Å². The van der Waals surface area contributed by atoms with Crippen LogP contribution in [0.1, 0.15) is 59.2 Å². The number of aliphatic hydroxyl groups is 1. The number of rotatable bonds is 5. The van der Waals surface area contributed by atoms with Crippen LogP contribution in [0.15, 0.2) is 23.0 Å². The lowest BCUT2D eigenvalue weighted by atomic mass is 9.78. The van der Waals surface area contributed by atoms with Crippen LogP contribution in [0.4, 0.5) is 0 Å². The Hall–Kier alpha value is -2.74. The summed E-state index contributed by atoms with van der Waals surface area (Å²) in [6, 6.07) is 4.91. The summed E-state index contributed by atoms with van der Waals surface area (Å²) in [5, 5.41) is 14.4. The molecule has 8 nitrogen and oxygen atoms in total. The van der Waals surface area contributed by atoms with Crippen molar-refractivity contribution in [1.29, 1.82) is 0 Å². The lowest BCUT2D eigenvalue weighted by Gasteiger charge is -2.46. The van der Waals surface area contributed by atoms with Gasteiger partial charge in [-0.15, -0.1) is 0 Å². The summed E-state index contributed by atoms with van der Waals surface area (Å²) in [5.74, 6) is 0.172. The Kier molecular flexibility index (Phi) is 5.36. The topological polar surface area (TPSA) is 97.4 Å². The average Bonchev–Trinajstić information content (AvgIpc) is 3.00. The predicted octanol–water partition coefficient (Wildman–Crippen LogP) is 1.43. The molecule has 4 heterocycles. The van der Waals surface area contributed by atoms with E-state index in [1.54, 1.807) is 15.3 Å². The van der Waals surface area contributed by atoms with Gasteiger partial charge in [0.25, 0.3) is 5.56 Å². The van der Waals surface area contributed by atoms with E-state index >= 15 is 0 Å². The van der Waals surface area contributed by atoms with Gasteiger partial charge in [0.1, 0.15) is 0 Å². The Morgan fingerprint density at radius 1 is 1.23 bits per heavy atom. The summed E-state index contributed by atoms with van der Waals surface area (Å²) < 4.78 is 3.46.